The molecule has 1 aliphatic carbocycles. The minimum atomic E-state index is -0.111. The second-order valence-electron chi connectivity index (χ2n) is 5.11. The Kier molecular flexibility index (Phi) is 3.73. The quantitative estimate of drug-likeness (QED) is 0.713. The minimum absolute atomic E-state index is 0.111. The molecular formula is C11H23N3O. The molecule has 0 heterocycles. The number of nitrogens with zero attached hydrogens (tertiary/aromatic N) is 2. The zero-order valence-electron chi connectivity index (χ0n) is 10.3. The highest BCUT2D eigenvalue weighted by molar-refractivity contribution is 5.78. The molecule has 2 N–H and O–H groups in total. The van der Waals surface area contributed by atoms with Crippen LogP contribution in [0.3, 0.4) is 0 Å². The van der Waals surface area contributed by atoms with Gasteiger partial charge in [0.15, 0.2) is 0 Å². The molecule has 0 aromatic carbocycles. The van der Waals surface area contributed by atoms with Crippen molar-refractivity contribution >= 4 is 5.91 Å². The van der Waals surface area contributed by atoms with Crippen molar-refractivity contribution in [1.29, 1.82) is 0 Å². The van der Waals surface area contributed by atoms with E-state index in [1.807, 2.05) is 23.9 Å². The summed E-state index contributed by atoms with van der Waals surface area (Å²) in [7, 11) is 3.84. The summed E-state index contributed by atoms with van der Waals surface area (Å²) < 4.78 is 0. The molecule has 0 atom stereocenters. The lowest BCUT2D eigenvalue weighted by atomic mass is 10.0. The molecule has 0 saturated heterocycles. The molecule has 1 amide bonds. The van der Waals surface area contributed by atoms with Crippen LogP contribution in [0, 0.1) is 0 Å². The molecule has 0 aromatic heterocycles. The number of carbonyl (C=O) groups excluding carboxylic acids is 1. The van der Waals surface area contributed by atoms with Gasteiger partial charge in [-0.3, -0.25) is 9.69 Å². The van der Waals surface area contributed by atoms with Crippen molar-refractivity contribution in [2.24, 2.45) is 5.73 Å². The zero-order valence-corrected chi connectivity index (χ0v) is 10.3. The van der Waals surface area contributed by atoms with Crippen LogP contribution in [0.2, 0.25) is 0 Å². The number of rotatable bonds is 5. The number of carbonyl (C=O) groups is 1. The van der Waals surface area contributed by atoms with E-state index in [-0.39, 0.29) is 11.4 Å². The van der Waals surface area contributed by atoms with Crippen molar-refractivity contribution in [3.63, 3.8) is 0 Å². The van der Waals surface area contributed by atoms with Gasteiger partial charge in [-0.05, 0) is 33.7 Å². The highest BCUT2D eigenvalue weighted by atomic mass is 16.2. The van der Waals surface area contributed by atoms with Crippen LogP contribution in [0.1, 0.15) is 26.7 Å². The Morgan fingerprint density at radius 2 is 1.93 bits per heavy atom. The third kappa shape index (κ3) is 3.18. The SMILES string of the molecule is CN(C(=O)CN(C)C(C)(C)CN)C1CC1. The van der Waals surface area contributed by atoms with Crippen LogP contribution in [0.15, 0.2) is 0 Å². The van der Waals surface area contributed by atoms with Gasteiger partial charge in [0.2, 0.25) is 5.91 Å². The second-order valence-corrected chi connectivity index (χ2v) is 5.11. The van der Waals surface area contributed by atoms with Crippen molar-refractivity contribution in [3.05, 3.63) is 0 Å². The Morgan fingerprint density at radius 3 is 2.33 bits per heavy atom. The molecule has 15 heavy (non-hydrogen) atoms. The average Bonchev–Trinajstić information content (AvgIpc) is 2.99. The first kappa shape index (κ1) is 12.5. The Morgan fingerprint density at radius 1 is 1.40 bits per heavy atom. The Hall–Kier alpha value is -0.610. The molecule has 0 aromatic rings. The predicted octanol–water partition coefficient (Wildman–Crippen LogP) is 0.276. The van der Waals surface area contributed by atoms with Crippen molar-refractivity contribution < 1.29 is 4.79 Å². The van der Waals surface area contributed by atoms with Crippen LogP contribution in [0.4, 0.5) is 0 Å². The molecule has 1 rings (SSSR count). The third-order valence-corrected chi connectivity index (χ3v) is 3.39. The van der Waals surface area contributed by atoms with Crippen LogP contribution in [-0.2, 0) is 4.79 Å². The van der Waals surface area contributed by atoms with Gasteiger partial charge in [-0.15, -0.1) is 0 Å². The Labute approximate surface area is 92.4 Å². The maximum absolute atomic E-state index is 11.8. The van der Waals surface area contributed by atoms with Gasteiger partial charge < -0.3 is 10.6 Å². The lowest BCUT2D eigenvalue weighted by Gasteiger charge is -2.34. The maximum Gasteiger partial charge on any atom is 0.236 e. The largest absolute Gasteiger partial charge is 0.342 e. The fourth-order valence-electron chi connectivity index (χ4n) is 1.35. The first-order chi connectivity index (χ1) is 6.88. The van der Waals surface area contributed by atoms with E-state index < -0.39 is 0 Å². The van der Waals surface area contributed by atoms with Gasteiger partial charge >= 0.3 is 0 Å². The van der Waals surface area contributed by atoms with Gasteiger partial charge in [0.1, 0.15) is 0 Å². The summed E-state index contributed by atoms with van der Waals surface area (Å²) in [6.45, 7) is 5.12. The van der Waals surface area contributed by atoms with Crippen molar-refractivity contribution in [2.45, 2.75) is 38.3 Å². The van der Waals surface area contributed by atoms with Crippen molar-refractivity contribution in [3.8, 4) is 0 Å². The van der Waals surface area contributed by atoms with Gasteiger partial charge in [-0.1, -0.05) is 0 Å². The summed E-state index contributed by atoms with van der Waals surface area (Å²) in [6, 6.07) is 0.492. The molecular weight excluding hydrogens is 190 g/mol. The monoisotopic (exact) mass is 213 g/mol. The summed E-state index contributed by atoms with van der Waals surface area (Å²) in [4.78, 5) is 15.7. The van der Waals surface area contributed by atoms with Crippen molar-refractivity contribution in [1.82, 2.24) is 9.80 Å². The molecule has 1 fully saturated rings. The minimum Gasteiger partial charge on any atom is -0.342 e. The summed E-state index contributed by atoms with van der Waals surface area (Å²) in [5.41, 5.74) is 5.55. The van der Waals surface area contributed by atoms with E-state index in [1.54, 1.807) is 0 Å². The molecule has 0 aliphatic heterocycles. The van der Waals surface area contributed by atoms with Gasteiger partial charge in [-0.25, -0.2) is 0 Å². The van der Waals surface area contributed by atoms with E-state index in [0.717, 1.165) is 12.8 Å². The van der Waals surface area contributed by atoms with Crippen LogP contribution in [0.25, 0.3) is 0 Å². The molecule has 4 heteroatoms. The number of hydrogen-bond donors (Lipinski definition) is 1. The maximum atomic E-state index is 11.8. The second kappa shape index (κ2) is 4.49. The number of likely N-dealkylation sites (N-methyl/N-ethyl adjacent to an activating group) is 2. The highest BCUT2D eigenvalue weighted by Crippen LogP contribution is 2.25. The highest BCUT2D eigenvalue weighted by Gasteiger charge is 2.31. The standard InChI is InChI=1S/C11H23N3O/c1-11(2,8-12)13(3)7-10(15)14(4)9-5-6-9/h9H,5-8,12H2,1-4H3. The summed E-state index contributed by atoms with van der Waals surface area (Å²) in [6.07, 6.45) is 2.32. The molecule has 0 spiro atoms. The van der Waals surface area contributed by atoms with Gasteiger partial charge in [0.05, 0.1) is 6.54 Å². The van der Waals surface area contributed by atoms with Gasteiger partial charge in [0.25, 0.3) is 0 Å². The summed E-state index contributed by atoms with van der Waals surface area (Å²) in [5.74, 6) is 0.196. The first-order valence-corrected chi connectivity index (χ1v) is 5.55. The lowest BCUT2D eigenvalue weighted by molar-refractivity contribution is -0.132. The fraction of sp³-hybridized carbons (Fsp3) is 0.909. The molecule has 88 valence electrons. The van der Waals surface area contributed by atoms with Crippen LogP contribution < -0.4 is 5.73 Å². The third-order valence-electron chi connectivity index (χ3n) is 3.39. The topological polar surface area (TPSA) is 49.6 Å². The zero-order chi connectivity index (χ0) is 11.6. The molecule has 0 unspecified atom stereocenters. The van der Waals surface area contributed by atoms with E-state index in [4.69, 9.17) is 5.73 Å². The molecule has 0 radical (unpaired) electrons. The molecule has 1 saturated carbocycles. The van der Waals surface area contributed by atoms with Crippen LogP contribution in [0.5, 0.6) is 0 Å². The Bertz CT molecular complexity index is 236. The normalized spacial score (nSPS) is 16.9. The number of hydrogen-bond acceptors (Lipinski definition) is 3. The molecule has 4 nitrogen and oxygen atoms in total. The summed E-state index contributed by atoms with van der Waals surface area (Å²) in [5, 5.41) is 0. The average molecular weight is 213 g/mol. The molecule has 1 aliphatic rings. The summed E-state index contributed by atoms with van der Waals surface area (Å²) >= 11 is 0. The van der Waals surface area contributed by atoms with E-state index in [0.29, 0.717) is 19.1 Å². The lowest BCUT2D eigenvalue weighted by Crippen LogP contribution is -2.51. The van der Waals surface area contributed by atoms with Crippen LogP contribution >= 0.6 is 0 Å². The number of amides is 1. The van der Waals surface area contributed by atoms with E-state index in [2.05, 4.69) is 13.8 Å². The molecule has 0 bridgehead atoms. The number of nitrogens with two attached hydrogens (primary N) is 1. The predicted molar refractivity (Wildman–Crippen MR) is 61.6 cm³/mol. The first-order valence-electron chi connectivity index (χ1n) is 5.55. The smallest absolute Gasteiger partial charge is 0.236 e. The van der Waals surface area contributed by atoms with E-state index in [9.17, 15) is 4.79 Å². The fourth-order valence-corrected chi connectivity index (χ4v) is 1.35. The van der Waals surface area contributed by atoms with Crippen molar-refractivity contribution in [2.75, 3.05) is 27.2 Å². The van der Waals surface area contributed by atoms with Gasteiger partial charge in [0, 0.05) is 25.2 Å². The Balaban J connectivity index is 2.43. The van der Waals surface area contributed by atoms with Crippen LogP contribution in [-0.4, -0.2) is 54.5 Å². The van der Waals surface area contributed by atoms with E-state index in [1.165, 1.54) is 0 Å². The van der Waals surface area contributed by atoms with Gasteiger partial charge in [-0.2, -0.15) is 0 Å². The van der Waals surface area contributed by atoms with E-state index >= 15 is 0 Å².